The van der Waals surface area contributed by atoms with Crippen molar-refractivity contribution in [3.05, 3.63) is 0 Å². The van der Waals surface area contributed by atoms with E-state index in [1.165, 1.54) is 0 Å². The van der Waals surface area contributed by atoms with Crippen molar-refractivity contribution in [1.29, 1.82) is 0 Å². The summed E-state index contributed by atoms with van der Waals surface area (Å²) in [6.45, 7) is 8.95. The topological polar surface area (TPSA) is 41.6 Å². The Balaban J connectivity index is 2.55. The van der Waals surface area contributed by atoms with Crippen LogP contribution in [0.2, 0.25) is 0 Å². The molecule has 1 rings (SSSR count). The number of hydrogen-bond acceptors (Lipinski definition) is 3. The number of nitrogens with zero attached hydrogens (tertiary/aromatic N) is 1. The Labute approximate surface area is 85.6 Å². The van der Waals surface area contributed by atoms with Gasteiger partial charge < -0.3 is 15.0 Å². The summed E-state index contributed by atoms with van der Waals surface area (Å²) in [5.74, 6) is 0. The van der Waals surface area contributed by atoms with Crippen molar-refractivity contribution >= 4 is 6.09 Å². The van der Waals surface area contributed by atoms with Crippen LogP contribution < -0.4 is 5.32 Å². The highest BCUT2D eigenvalue weighted by atomic mass is 16.6. The van der Waals surface area contributed by atoms with Gasteiger partial charge in [-0.3, -0.25) is 0 Å². The normalized spacial score (nSPS) is 21.5. The predicted molar refractivity (Wildman–Crippen MR) is 55.3 cm³/mol. The summed E-state index contributed by atoms with van der Waals surface area (Å²) in [4.78, 5) is 13.3. The fourth-order valence-electron chi connectivity index (χ4n) is 1.68. The molecule has 82 valence electrons. The molecule has 1 heterocycles. The molecule has 0 radical (unpaired) electrons. The highest BCUT2D eigenvalue weighted by Gasteiger charge is 2.27. The van der Waals surface area contributed by atoms with E-state index in [1.807, 2.05) is 6.92 Å². The lowest BCUT2D eigenvalue weighted by Crippen LogP contribution is -2.48. The number of amides is 1. The predicted octanol–water partition coefficient (Wildman–Crippen LogP) is 1.22. The molecule has 14 heavy (non-hydrogen) atoms. The molecule has 1 N–H and O–H groups in total. The van der Waals surface area contributed by atoms with Gasteiger partial charge in [0.05, 0.1) is 6.61 Å². The Kier molecular flexibility index (Phi) is 3.75. The minimum absolute atomic E-state index is 0.0107. The zero-order chi connectivity index (χ0) is 10.6. The zero-order valence-electron chi connectivity index (χ0n) is 9.30. The molecule has 1 aliphatic heterocycles. The van der Waals surface area contributed by atoms with Gasteiger partial charge >= 0.3 is 6.09 Å². The minimum Gasteiger partial charge on any atom is -0.450 e. The van der Waals surface area contributed by atoms with Crippen LogP contribution in [0.5, 0.6) is 0 Å². The molecule has 1 saturated heterocycles. The molecule has 4 nitrogen and oxygen atoms in total. The van der Waals surface area contributed by atoms with Crippen LogP contribution in [0.15, 0.2) is 0 Å². The van der Waals surface area contributed by atoms with Gasteiger partial charge in [0.1, 0.15) is 0 Å². The van der Waals surface area contributed by atoms with E-state index in [1.54, 1.807) is 4.90 Å². The first-order chi connectivity index (χ1) is 6.55. The molecule has 0 atom stereocenters. The molecule has 0 bridgehead atoms. The quantitative estimate of drug-likeness (QED) is 0.692. The van der Waals surface area contributed by atoms with Gasteiger partial charge in [-0.15, -0.1) is 0 Å². The molecule has 0 aliphatic carbocycles. The van der Waals surface area contributed by atoms with Crippen molar-refractivity contribution in [2.24, 2.45) is 0 Å². The van der Waals surface area contributed by atoms with Crippen LogP contribution in [0.3, 0.4) is 0 Å². The number of carbonyl (C=O) groups excluding carboxylic acids is 1. The highest BCUT2D eigenvalue weighted by Crippen LogP contribution is 2.11. The molecular formula is C10H20N2O2. The van der Waals surface area contributed by atoms with E-state index in [9.17, 15) is 4.79 Å². The first-order valence-electron chi connectivity index (χ1n) is 5.22. The number of hydrogen-bond donors (Lipinski definition) is 1. The Morgan fingerprint density at radius 2 is 2.29 bits per heavy atom. The molecule has 0 aromatic rings. The second-order valence-corrected chi connectivity index (χ2v) is 4.28. The van der Waals surface area contributed by atoms with E-state index >= 15 is 0 Å². The van der Waals surface area contributed by atoms with Crippen LogP contribution in [-0.2, 0) is 4.74 Å². The molecule has 1 amide bonds. The van der Waals surface area contributed by atoms with E-state index in [0.29, 0.717) is 13.2 Å². The van der Waals surface area contributed by atoms with Crippen LogP contribution in [0.4, 0.5) is 4.79 Å². The van der Waals surface area contributed by atoms with Gasteiger partial charge in [0.15, 0.2) is 0 Å². The number of ether oxygens (including phenoxy) is 1. The first kappa shape index (κ1) is 11.3. The summed E-state index contributed by atoms with van der Waals surface area (Å²) in [5, 5.41) is 3.40. The van der Waals surface area contributed by atoms with E-state index in [-0.39, 0.29) is 11.6 Å². The Hall–Kier alpha value is -0.770. The molecule has 0 unspecified atom stereocenters. The first-order valence-corrected chi connectivity index (χ1v) is 5.22. The lowest BCUT2D eigenvalue weighted by molar-refractivity contribution is 0.102. The average molecular weight is 200 g/mol. The molecular weight excluding hydrogens is 180 g/mol. The van der Waals surface area contributed by atoms with E-state index in [2.05, 4.69) is 19.2 Å². The van der Waals surface area contributed by atoms with E-state index < -0.39 is 0 Å². The molecule has 4 heteroatoms. The minimum atomic E-state index is -0.190. The van der Waals surface area contributed by atoms with Crippen LogP contribution in [0.1, 0.15) is 27.2 Å². The third kappa shape index (κ3) is 3.18. The van der Waals surface area contributed by atoms with Gasteiger partial charge in [0, 0.05) is 18.6 Å². The molecule has 0 aromatic heterocycles. The van der Waals surface area contributed by atoms with E-state index in [4.69, 9.17) is 4.74 Å². The van der Waals surface area contributed by atoms with Crippen molar-refractivity contribution in [2.45, 2.75) is 32.7 Å². The van der Waals surface area contributed by atoms with Crippen molar-refractivity contribution in [3.8, 4) is 0 Å². The fraction of sp³-hybridized carbons (Fsp3) is 0.900. The summed E-state index contributed by atoms with van der Waals surface area (Å²) < 4.78 is 4.99. The lowest BCUT2D eigenvalue weighted by atomic mass is 10.1. The molecule has 0 saturated carbocycles. The highest BCUT2D eigenvalue weighted by molar-refractivity contribution is 5.67. The monoisotopic (exact) mass is 200 g/mol. The maximum atomic E-state index is 11.5. The molecule has 0 aromatic carbocycles. The van der Waals surface area contributed by atoms with Crippen LogP contribution >= 0.6 is 0 Å². The third-order valence-electron chi connectivity index (χ3n) is 2.32. The van der Waals surface area contributed by atoms with Crippen LogP contribution in [-0.4, -0.2) is 42.8 Å². The largest absolute Gasteiger partial charge is 0.450 e. The molecule has 0 spiro atoms. The van der Waals surface area contributed by atoms with Crippen molar-refractivity contribution in [1.82, 2.24) is 10.2 Å². The summed E-state index contributed by atoms with van der Waals surface area (Å²) in [6.07, 6.45) is 0.798. The standard InChI is InChI=1S/C10H20N2O2/c1-4-14-9(13)12-7-5-6-11-10(2,3)8-12/h11H,4-8H2,1-3H3. The zero-order valence-corrected chi connectivity index (χ0v) is 9.30. The number of rotatable bonds is 1. The van der Waals surface area contributed by atoms with Gasteiger partial charge in [0.25, 0.3) is 0 Å². The Bertz CT molecular complexity index is 204. The van der Waals surface area contributed by atoms with E-state index in [0.717, 1.165) is 19.5 Å². The lowest BCUT2D eigenvalue weighted by Gasteiger charge is -2.29. The smallest absolute Gasteiger partial charge is 0.409 e. The van der Waals surface area contributed by atoms with Crippen molar-refractivity contribution < 1.29 is 9.53 Å². The van der Waals surface area contributed by atoms with Gasteiger partial charge in [0.2, 0.25) is 0 Å². The Morgan fingerprint density at radius 1 is 1.57 bits per heavy atom. The maximum absolute atomic E-state index is 11.5. The maximum Gasteiger partial charge on any atom is 0.409 e. The fourth-order valence-corrected chi connectivity index (χ4v) is 1.68. The van der Waals surface area contributed by atoms with Gasteiger partial charge in [-0.05, 0) is 33.7 Å². The van der Waals surface area contributed by atoms with Crippen molar-refractivity contribution in [2.75, 3.05) is 26.2 Å². The van der Waals surface area contributed by atoms with Crippen LogP contribution in [0, 0.1) is 0 Å². The SMILES string of the molecule is CCOC(=O)N1CCCNC(C)(C)C1. The second-order valence-electron chi connectivity index (χ2n) is 4.28. The average Bonchev–Trinajstić information content (AvgIpc) is 2.27. The summed E-state index contributed by atoms with van der Waals surface area (Å²) in [6, 6.07) is 0. The van der Waals surface area contributed by atoms with Crippen molar-refractivity contribution in [3.63, 3.8) is 0 Å². The Morgan fingerprint density at radius 3 is 2.93 bits per heavy atom. The van der Waals surface area contributed by atoms with Gasteiger partial charge in [-0.1, -0.05) is 0 Å². The number of carbonyl (C=O) groups is 1. The summed E-state index contributed by atoms with van der Waals surface area (Å²) in [7, 11) is 0. The second kappa shape index (κ2) is 4.64. The third-order valence-corrected chi connectivity index (χ3v) is 2.32. The molecule has 1 aliphatic rings. The molecule has 1 fully saturated rings. The summed E-state index contributed by atoms with van der Waals surface area (Å²) in [5.41, 5.74) is -0.0107. The van der Waals surface area contributed by atoms with Gasteiger partial charge in [-0.2, -0.15) is 0 Å². The van der Waals surface area contributed by atoms with Gasteiger partial charge in [-0.25, -0.2) is 4.79 Å². The van der Waals surface area contributed by atoms with Crippen LogP contribution in [0.25, 0.3) is 0 Å². The number of nitrogens with one attached hydrogen (secondary N) is 1. The summed E-state index contributed by atoms with van der Waals surface area (Å²) >= 11 is 0.